The Morgan fingerprint density at radius 1 is 1.19 bits per heavy atom. The predicted octanol–water partition coefficient (Wildman–Crippen LogP) is 3.31. The van der Waals surface area contributed by atoms with E-state index in [0.717, 1.165) is 0 Å². The van der Waals surface area contributed by atoms with Crippen molar-refractivity contribution in [1.82, 2.24) is 15.1 Å². The number of nitrogens with two attached hydrogens (primary N) is 1. The van der Waals surface area contributed by atoms with Crippen molar-refractivity contribution in [3.05, 3.63) is 54.0 Å². The average Bonchev–Trinajstić information content (AvgIpc) is 2.96. The molecule has 0 radical (unpaired) electrons. The maximum absolute atomic E-state index is 5.85. The molecule has 1 aromatic carbocycles. The van der Waals surface area contributed by atoms with E-state index in [9.17, 15) is 0 Å². The van der Waals surface area contributed by atoms with Gasteiger partial charge in [0.05, 0.1) is 11.4 Å². The van der Waals surface area contributed by atoms with E-state index in [0.29, 0.717) is 28.8 Å². The normalized spacial score (nSPS) is 10.7. The molecule has 0 aliphatic carbocycles. The minimum absolute atomic E-state index is 0.355. The summed E-state index contributed by atoms with van der Waals surface area (Å²) in [5, 5.41) is 3.98. The van der Waals surface area contributed by atoms with Crippen LogP contribution in [0.3, 0.4) is 0 Å². The van der Waals surface area contributed by atoms with Crippen molar-refractivity contribution in [1.29, 1.82) is 0 Å². The van der Waals surface area contributed by atoms with E-state index < -0.39 is 0 Å². The van der Waals surface area contributed by atoms with Gasteiger partial charge in [0, 0.05) is 11.1 Å². The van der Waals surface area contributed by atoms with Gasteiger partial charge >= 0.3 is 0 Å². The van der Waals surface area contributed by atoms with Crippen LogP contribution in [0.15, 0.2) is 52.0 Å². The third-order valence-corrected chi connectivity index (χ3v) is 4.13. The third-order valence-electron chi connectivity index (χ3n) is 2.96. The van der Waals surface area contributed by atoms with Gasteiger partial charge in [-0.05, 0) is 30.7 Å². The summed E-state index contributed by atoms with van der Waals surface area (Å²) in [5.41, 5.74) is 8.14. The predicted molar refractivity (Wildman–Crippen MR) is 82.7 cm³/mol. The van der Waals surface area contributed by atoms with Crippen molar-refractivity contribution in [3.63, 3.8) is 0 Å². The number of rotatable bonds is 4. The lowest BCUT2D eigenvalue weighted by molar-refractivity contribution is 0.424. The Kier molecular flexibility index (Phi) is 3.87. The number of aryl methyl sites for hydroxylation is 1. The average molecular weight is 298 g/mol. The van der Waals surface area contributed by atoms with Crippen molar-refractivity contribution in [3.8, 4) is 11.6 Å². The Bertz CT molecular complexity index is 757. The minimum Gasteiger partial charge on any atom is -0.397 e. The van der Waals surface area contributed by atoms with Gasteiger partial charge < -0.3 is 10.3 Å². The van der Waals surface area contributed by atoms with Crippen molar-refractivity contribution in [2.75, 3.05) is 5.73 Å². The van der Waals surface area contributed by atoms with E-state index >= 15 is 0 Å². The van der Waals surface area contributed by atoms with Gasteiger partial charge in [0.1, 0.15) is 0 Å². The van der Waals surface area contributed by atoms with E-state index in [-0.39, 0.29) is 0 Å². The minimum atomic E-state index is 0.355. The summed E-state index contributed by atoms with van der Waals surface area (Å²) in [7, 11) is 0. The molecular formula is C15H14N4OS. The van der Waals surface area contributed by atoms with Crippen LogP contribution in [0.25, 0.3) is 11.6 Å². The molecular weight excluding hydrogens is 284 g/mol. The Balaban J connectivity index is 1.74. The first kappa shape index (κ1) is 13.6. The number of benzene rings is 1. The zero-order valence-corrected chi connectivity index (χ0v) is 12.3. The highest BCUT2D eigenvalue weighted by atomic mass is 32.2. The smallest absolute Gasteiger partial charge is 0.278 e. The van der Waals surface area contributed by atoms with Crippen LogP contribution < -0.4 is 5.73 Å². The first-order chi connectivity index (χ1) is 10.2. The van der Waals surface area contributed by atoms with Gasteiger partial charge in [0.25, 0.3) is 5.89 Å². The van der Waals surface area contributed by atoms with Crippen molar-refractivity contribution >= 4 is 17.4 Å². The molecule has 3 aromatic rings. The van der Waals surface area contributed by atoms with Crippen molar-refractivity contribution in [2.45, 2.75) is 17.6 Å². The molecule has 0 saturated heterocycles. The summed E-state index contributed by atoms with van der Waals surface area (Å²) in [6.45, 7) is 2.08. The molecule has 0 unspecified atom stereocenters. The zero-order valence-electron chi connectivity index (χ0n) is 11.5. The number of nitrogen functional groups attached to an aromatic ring is 1. The summed E-state index contributed by atoms with van der Waals surface area (Å²) in [5.74, 6) is 1.62. The molecule has 6 heteroatoms. The molecule has 0 saturated carbocycles. The van der Waals surface area contributed by atoms with Crippen LogP contribution >= 0.6 is 11.8 Å². The van der Waals surface area contributed by atoms with E-state index in [1.165, 1.54) is 10.5 Å². The Labute approximate surface area is 126 Å². The summed E-state index contributed by atoms with van der Waals surface area (Å²) in [6, 6.07) is 11.7. The zero-order chi connectivity index (χ0) is 14.7. The number of pyridine rings is 1. The molecule has 2 N–H and O–H groups in total. The van der Waals surface area contributed by atoms with E-state index in [2.05, 4.69) is 34.2 Å². The van der Waals surface area contributed by atoms with Gasteiger partial charge in [-0.1, -0.05) is 23.4 Å². The number of hydrogen-bond donors (Lipinski definition) is 1. The molecule has 3 rings (SSSR count). The fourth-order valence-corrected chi connectivity index (χ4v) is 2.74. The van der Waals surface area contributed by atoms with Gasteiger partial charge in [0.15, 0.2) is 11.5 Å². The molecule has 0 bridgehead atoms. The van der Waals surface area contributed by atoms with Gasteiger partial charge in [-0.15, -0.1) is 11.8 Å². The third kappa shape index (κ3) is 3.05. The highest BCUT2D eigenvalue weighted by Crippen LogP contribution is 2.26. The second-order valence-corrected chi connectivity index (χ2v) is 5.53. The van der Waals surface area contributed by atoms with E-state index in [4.69, 9.17) is 10.3 Å². The largest absolute Gasteiger partial charge is 0.397 e. The van der Waals surface area contributed by atoms with Crippen LogP contribution in [0.1, 0.15) is 11.4 Å². The molecule has 2 heterocycles. The molecule has 0 atom stereocenters. The SMILES string of the molecule is Cc1ccccc1SCc1noc(-c2ncccc2N)n1. The second-order valence-electron chi connectivity index (χ2n) is 4.51. The van der Waals surface area contributed by atoms with E-state index in [1.807, 2.05) is 12.1 Å². The van der Waals surface area contributed by atoms with Gasteiger partial charge in [-0.2, -0.15) is 4.98 Å². The molecule has 0 aliphatic heterocycles. The van der Waals surface area contributed by atoms with Gasteiger partial charge in [0.2, 0.25) is 0 Å². The molecule has 0 amide bonds. The molecule has 0 spiro atoms. The van der Waals surface area contributed by atoms with Crippen LogP contribution in [-0.4, -0.2) is 15.1 Å². The first-order valence-electron chi connectivity index (χ1n) is 6.46. The second kappa shape index (κ2) is 5.97. The molecule has 21 heavy (non-hydrogen) atoms. The quantitative estimate of drug-likeness (QED) is 0.744. The molecule has 2 aromatic heterocycles. The summed E-state index contributed by atoms with van der Waals surface area (Å²) < 4.78 is 5.23. The Morgan fingerprint density at radius 3 is 2.86 bits per heavy atom. The molecule has 0 fully saturated rings. The molecule has 0 aliphatic rings. The topological polar surface area (TPSA) is 77.8 Å². The maximum Gasteiger partial charge on any atom is 0.278 e. The standard InChI is InChI=1S/C15H14N4OS/c1-10-5-2-3-7-12(10)21-9-13-18-15(20-19-13)14-11(16)6-4-8-17-14/h2-8H,9,16H2,1H3. The van der Waals surface area contributed by atoms with E-state index in [1.54, 1.807) is 30.1 Å². The molecule has 5 nitrogen and oxygen atoms in total. The van der Waals surface area contributed by atoms with Crippen LogP contribution in [0.5, 0.6) is 0 Å². The van der Waals surface area contributed by atoms with Crippen molar-refractivity contribution < 1.29 is 4.52 Å². The highest BCUT2D eigenvalue weighted by molar-refractivity contribution is 7.98. The number of thioether (sulfide) groups is 1. The van der Waals surface area contributed by atoms with Crippen LogP contribution in [0, 0.1) is 6.92 Å². The molecule has 106 valence electrons. The lowest BCUT2D eigenvalue weighted by Crippen LogP contribution is -1.93. The summed E-state index contributed by atoms with van der Waals surface area (Å²) in [6.07, 6.45) is 1.65. The Morgan fingerprint density at radius 2 is 2.05 bits per heavy atom. The fourth-order valence-electron chi connectivity index (χ4n) is 1.87. The van der Waals surface area contributed by atoms with Crippen LogP contribution in [0.4, 0.5) is 5.69 Å². The highest BCUT2D eigenvalue weighted by Gasteiger charge is 2.13. The lowest BCUT2D eigenvalue weighted by atomic mass is 10.2. The van der Waals surface area contributed by atoms with Gasteiger partial charge in [-0.25, -0.2) is 4.98 Å². The summed E-state index contributed by atoms with van der Waals surface area (Å²) in [4.78, 5) is 9.72. The number of anilines is 1. The first-order valence-corrected chi connectivity index (χ1v) is 7.44. The Hall–Kier alpha value is -2.34. The number of nitrogens with zero attached hydrogens (tertiary/aromatic N) is 3. The fraction of sp³-hybridized carbons (Fsp3) is 0.133. The monoisotopic (exact) mass is 298 g/mol. The van der Waals surface area contributed by atoms with Crippen LogP contribution in [-0.2, 0) is 5.75 Å². The number of aromatic nitrogens is 3. The lowest BCUT2D eigenvalue weighted by Gasteiger charge is -2.02. The van der Waals surface area contributed by atoms with Gasteiger partial charge in [-0.3, -0.25) is 0 Å². The summed E-state index contributed by atoms with van der Waals surface area (Å²) >= 11 is 1.68. The van der Waals surface area contributed by atoms with Crippen molar-refractivity contribution in [2.24, 2.45) is 0 Å². The maximum atomic E-state index is 5.85. The van der Waals surface area contributed by atoms with Crippen LogP contribution in [0.2, 0.25) is 0 Å². The number of hydrogen-bond acceptors (Lipinski definition) is 6.